The molecule has 0 N–H and O–H groups in total. The number of aldehydes is 1. The minimum atomic E-state index is -4.37. The summed E-state index contributed by atoms with van der Waals surface area (Å²) in [7, 11) is 0. The Bertz CT molecular complexity index is 294. The first-order chi connectivity index (χ1) is 6.04. The van der Waals surface area contributed by atoms with Crippen molar-refractivity contribution in [1.29, 1.82) is 0 Å². The van der Waals surface area contributed by atoms with Gasteiger partial charge in [0, 0.05) is 17.5 Å². The first kappa shape index (κ1) is 10.2. The SMILES string of the molecule is O=CCCc1cnc(C(F)(F)F)s1. The average molecular weight is 209 g/mol. The number of nitrogens with zero attached hydrogens (tertiary/aromatic N) is 1. The van der Waals surface area contributed by atoms with Gasteiger partial charge in [-0.1, -0.05) is 0 Å². The quantitative estimate of drug-likeness (QED) is 0.715. The van der Waals surface area contributed by atoms with Crippen molar-refractivity contribution in [2.75, 3.05) is 0 Å². The number of aryl methyl sites for hydroxylation is 1. The molecule has 13 heavy (non-hydrogen) atoms. The Morgan fingerprint density at radius 2 is 2.23 bits per heavy atom. The number of rotatable bonds is 3. The van der Waals surface area contributed by atoms with Crippen LogP contribution >= 0.6 is 11.3 Å². The highest BCUT2D eigenvalue weighted by molar-refractivity contribution is 7.11. The molecule has 0 aromatic carbocycles. The summed E-state index contributed by atoms with van der Waals surface area (Å²) < 4.78 is 36.0. The number of hydrogen-bond donors (Lipinski definition) is 0. The lowest BCUT2D eigenvalue weighted by Crippen LogP contribution is -2.02. The van der Waals surface area contributed by atoms with Crippen LogP contribution in [0, 0.1) is 0 Å². The van der Waals surface area contributed by atoms with E-state index in [1.54, 1.807) is 0 Å². The van der Waals surface area contributed by atoms with Crippen molar-refractivity contribution in [2.45, 2.75) is 19.0 Å². The smallest absolute Gasteiger partial charge is 0.303 e. The van der Waals surface area contributed by atoms with Crippen molar-refractivity contribution in [2.24, 2.45) is 0 Å². The molecule has 1 aromatic heterocycles. The fourth-order valence-corrected chi connectivity index (χ4v) is 1.55. The third-order valence-corrected chi connectivity index (χ3v) is 2.41. The molecule has 0 saturated carbocycles. The van der Waals surface area contributed by atoms with Crippen molar-refractivity contribution >= 4 is 17.6 Å². The molecule has 72 valence electrons. The molecule has 0 saturated heterocycles. The van der Waals surface area contributed by atoms with E-state index in [0.717, 1.165) is 6.20 Å². The van der Waals surface area contributed by atoms with Crippen molar-refractivity contribution < 1.29 is 18.0 Å². The van der Waals surface area contributed by atoms with Gasteiger partial charge in [-0.2, -0.15) is 13.2 Å². The maximum absolute atomic E-state index is 12.0. The number of hydrogen-bond acceptors (Lipinski definition) is 3. The summed E-state index contributed by atoms with van der Waals surface area (Å²) in [5, 5.41) is -0.853. The number of carbonyl (C=O) groups excluding carboxylic acids is 1. The zero-order valence-corrected chi connectivity index (χ0v) is 7.28. The lowest BCUT2D eigenvalue weighted by Gasteiger charge is -1.98. The minimum Gasteiger partial charge on any atom is -0.303 e. The molecule has 1 heterocycles. The molecule has 0 amide bonds. The van der Waals surface area contributed by atoms with E-state index in [1.165, 1.54) is 0 Å². The molecule has 0 bridgehead atoms. The topological polar surface area (TPSA) is 30.0 Å². The van der Waals surface area contributed by atoms with Crippen LogP contribution in [0.3, 0.4) is 0 Å². The predicted molar refractivity (Wildman–Crippen MR) is 41.5 cm³/mol. The molecule has 0 radical (unpaired) electrons. The van der Waals surface area contributed by atoms with Crippen LogP contribution in [-0.4, -0.2) is 11.3 Å². The summed E-state index contributed by atoms with van der Waals surface area (Å²) in [6.07, 6.45) is -1.97. The molecule has 0 spiro atoms. The Morgan fingerprint density at radius 1 is 1.54 bits per heavy atom. The van der Waals surface area contributed by atoms with Gasteiger partial charge in [0.1, 0.15) is 6.29 Å². The molecule has 1 rings (SSSR count). The second-order valence-electron chi connectivity index (χ2n) is 2.33. The Kier molecular flexibility index (Phi) is 3.02. The fraction of sp³-hybridized carbons (Fsp3) is 0.429. The first-order valence-electron chi connectivity index (χ1n) is 3.49. The van der Waals surface area contributed by atoms with Crippen LogP contribution in [0.1, 0.15) is 16.3 Å². The summed E-state index contributed by atoms with van der Waals surface area (Å²) >= 11 is 0.585. The molecule has 0 aliphatic heterocycles. The zero-order valence-electron chi connectivity index (χ0n) is 6.47. The summed E-state index contributed by atoms with van der Waals surface area (Å²) in [5.41, 5.74) is 0. The van der Waals surface area contributed by atoms with Crippen LogP contribution in [0.4, 0.5) is 13.2 Å². The summed E-state index contributed by atoms with van der Waals surface area (Å²) in [6.45, 7) is 0. The van der Waals surface area contributed by atoms with Crippen molar-refractivity contribution in [3.63, 3.8) is 0 Å². The van der Waals surface area contributed by atoms with Crippen LogP contribution in [0.5, 0.6) is 0 Å². The highest BCUT2D eigenvalue weighted by atomic mass is 32.1. The van der Waals surface area contributed by atoms with Gasteiger partial charge in [-0.25, -0.2) is 4.98 Å². The third-order valence-electron chi connectivity index (χ3n) is 1.30. The number of thiazole rings is 1. The van der Waals surface area contributed by atoms with Gasteiger partial charge in [-0.05, 0) is 6.42 Å². The summed E-state index contributed by atoms with van der Waals surface area (Å²) in [4.78, 5) is 13.6. The van der Waals surface area contributed by atoms with Gasteiger partial charge in [0.15, 0.2) is 5.01 Å². The zero-order chi connectivity index (χ0) is 9.90. The van der Waals surface area contributed by atoms with Gasteiger partial charge < -0.3 is 4.79 Å². The van der Waals surface area contributed by atoms with Gasteiger partial charge in [0.25, 0.3) is 0 Å². The van der Waals surface area contributed by atoms with E-state index >= 15 is 0 Å². The van der Waals surface area contributed by atoms with Crippen LogP contribution in [0.25, 0.3) is 0 Å². The Hall–Kier alpha value is -0.910. The molecular weight excluding hydrogens is 203 g/mol. The Balaban J connectivity index is 2.69. The number of carbonyl (C=O) groups is 1. The van der Waals surface area contributed by atoms with Gasteiger partial charge in [0.05, 0.1) is 0 Å². The predicted octanol–water partition coefficient (Wildman–Crippen LogP) is 2.29. The molecule has 0 atom stereocenters. The summed E-state index contributed by atoms with van der Waals surface area (Å²) in [5.74, 6) is 0. The van der Waals surface area contributed by atoms with Gasteiger partial charge in [-0.3, -0.25) is 0 Å². The minimum absolute atomic E-state index is 0.236. The largest absolute Gasteiger partial charge is 0.443 e. The lowest BCUT2D eigenvalue weighted by molar-refractivity contribution is -0.137. The number of alkyl halides is 3. The molecule has 0 aliphatic carbocycles. The van der Waals surface area contributed by atoms with E-state index < -0.39 is 11.2 Å². The van der Waals surface area contributed by atoms with E-state index in [0.29, 0.717) is 28.9 Å². The molecular formula is C7H6F3NOS. The highest BCUT2D eigenvalue weighted by Crippen LogP contribution is 2.32. The highest BCUT2D eigenvalue weighted by Gasteiger charge is 2.34. The van der Waals surface area contributed by atoms with Gasteiger partial charge in [-0.15, -0.1) is 11.3 Å². The van der Waals surface area contributed by atoms with E-state index in [-0.39, 0.29) is 6.42 Å². The lowest BCUT2D eigenvalue weighted by atomic mass is 10.3. The molecule has 0 unspecified atom stereocenters. The Labute approximate surface area is 76.4 Å². The van der Waals surface area contributed by atoms with Crippen LogP contribution < -0.4 is 0 Å². The first-order valence-corrected chi connectivity index (χ1v) is 4.31. The molecule has 0 fully saturated rings. The van der Waals surface area contributed by atoms with Crippen LogP contribution in [0.2, 0.25) is 0 Å². The maximum Gasteiger partial charge on any atom is 0.443 e. The van der Waals surface area contributed by atoms with Crippen LogP contribution in [0.15, 0.2) is 6.20 Å². The van der Waals surface area contributed by atoms with E-state index in [2.05, 4.69) is 4.98 Å². The number of aromatic nitrogens is 1. The van der Waals surface area contributed by atoms with E-state index in [1.807, 2.05) is 0 Å². The average Bonchev–Trinajstić information content (AvgIpc) is 2.47. The fourth-order valence-electron chi connectivity index (χ4n) is 0.755. The molecule has 2 nitrogen and oxygen atoms in total. The maximum atomic E-state index is 12.0. The van der Waals surface area contributed by atoms with Gasteiger partial charge in [0.2, 0.25) is 0 Å². The number of halogens is 3. The second-order valence-corrected chi connectivity index (χ2v) is 3.45. The van der Waals surface area contributed by atoms with Gasteiger partial charge >= 0.3 is 6.18 Å². The molecule has 6 heteroatoms. The van der Waals surface area contributed by atoms with E-state index in [9.17, 15) is 18.0 Å². The summed E-state index contributed by atoms with van der Waals surface area (Å²) in [6, 6.07) is 0. The normalized spacial score (nSPS) is 11.6. The molecule has 1 aromatic rings. The molecule has 0 aliphatic rings. The van der Waals surface area contributed by atoms with Crippen LogP contribution in [-0.2, 0) is 17.4 Å². The van der Waals surface area contributed by atoms with Crippen molar-refractivity contribution in [3.8, 4) is 0 Å². The Morgan fingerprint density at radius 3 is 2.69 bits per heavy atom. The third kappa shape index (κ3) is 2.80. The standard InChI is InChI=1S/C7H6F3NOS/c8-7(9,10)6-11-4-5(13-6)2-1-3-12/h3-4H,1-2H2. The monoisotopic (exact) mass is 209 g/mol. The van der Waals surface area contributed by atoms with Crippen molar-refractivity contribution in [1.82, 2.24) is 4.98 Å². The van der Waals surface area contributed by atoms with E-state index in [4.69, 9.17) is 0 Å². The van der Waals surface area contributed by atoms with Crippen molar-refractivity contribution in [3.05, 3.63) is 16.1 Å². The second kappa shape index (κ2) is 3.87.